The normalized spacial score (nSPS) is 11.9. The lowest BCUT2D eigenvalue weighted by atomic mass is 10.2. The number of benzene rings is 2. The summed E-state index contributed by atoms with van der Waals surface area (Å²) in [6.07, 6.45) is 1.77. The van der Waals surface area contributed by atoms with Crippen molar-refractivity contribution in [3.05, 3.63) is 69.8 Å². The molecule has 1 unspecified atom stereocenters. The van der Waals surface area contributed by atoms with Crippen LogP contribution in [0.3, 0.4) is 0 Å². The zero-order valence-corrected chi connectivity index (χ0v) is 20.0. The van der Waals surface area contributed by atoms with Gasteiger partial charge in [0.05, 0.1) is 16.3 Å². The molecule has 0 aliphatic heterocycles. The molecule has 2 N–H and O–H groups in total. The summed E-state index contributed by atoms with van der Waals surface area (Å²) in [4.78, 5) is 13.1. The van der Waals surface area contributed by atoms with Gasteiger partial charge in [0, 0.05) is 17.6 Å². The monoisotopic (exact) mass is 474 g/mol. The van der Waals surface area contributed by atoms with E-state index in [0.717, 1.165) is 19.4 Å². The minimum absolute atomic E-state index is 0.0186. The molecule has 1 aromatic heterocycles. The molecule has 2 aromatic carbocycles. The summed E-state index contributed by atoms with van der Waals surface area (Å²) in [5.74, 6) is 0.756. The van der Waals surface area contributed by atoms with Crippen molar-refractivity contribution in [2.75, 3.05) is 6.54 Å². The second-order valence-electron chi connectivity index (χ2n) is 7.51. The Labute approximate surface area is 198 Å². The van der Waals surface area contributed by atoms with E-state index in [-0.39, 0.29) is 11.9 Å². The molecule has 1 heterocycles. The molecule has 0 radical (unpaired) electrons. The van der Waals surface area contributed by atoms with Crippen LogP contribution in [-0.2, 0) is 6.54 Å². The first-order chi connectivity index (χ1) is 15.4. The zero-order chi connectivity index (χ0) is 23.1. The van der Waals surface area contributed by atoms with Crippen LogP contribution < -0.4 is 15.4 Å². The lowest BCUT2D eigenvalue weighted by molar-refractivity contribution is 0.0932. The van der Waals surface area contributed by atoms with Crippen LogP contribution in [0.15, 0.2) is 48.5 Å². The second kappa shape index (κ2) is 11.4. The number of hydrogen-bond donors (Lipinski definition) is 2. The number of nitrogens with one attached hydrogen (secondary N) is 2. The Hall–Kier alpha value is -2.54. The Morgan fingerprint density at radius 3 is 2.50 bits per heavy atom. The minimum atomic E-state index is -0.251. The maximum absolute atomic E-state index is 13.1. The third kappa shape index (κ3) is 5.82. The average molecular weight is 475 g/mol. The summed E-state index contributed by atoms with van der Waals surface area (Å²) >= 11 is 12.5. The Morgan fingerprint density at radius 1 is 1.12 bits per heavy atom. The summed E-state index contributed by atoms with van der Waals surface area (Å²) in [5, 5.41) is 12.1. The molecule has 32 heavy (non-hydrogen) atoms. The lowest BCUT2D eigenvalue weighted by Gasteiger charge is -2.13. The molecule has 0 bridgehead atoms. The number of hydrogen-bond acceptors (Lipinski definition) is 4. The van der Waals surface area contributed by atoms with Gasteiger partial charge in [-0.05, 0) is 62.7 Å². The van der Waals surface area contributed by atoms with Crippen molar-refractivity contribution in [2.45, 2.75) is 46.2 Å². The fraction of sp³-hybridized carbons (Fsp3) is 0.333. The molecule has 8 heteroatoms. The van der Waals surface area contributed by atoms with E-state index in [0.29, 0.717) is 45.2 Å². The zero-order valence-electron chi connectivity index (χ0n) is 18.5. The van der Waals surface area contributed by atoms with Crippen LogP contribution in [0.4, 0.5) is 0 Å². The quantitative estimate of drug-likeness (QED) is 0.353. The van der Waals surface area contributed by atoms with Crippen LogP contribution in [0, 0.1) is 0 Å². The number of halogens is 2. The van der Waals surface area contributed by atoms with Gasteiger partial charge in [0.25, 0.3) is 5.91 Å². The standard InChI is InChI=1S/C24H28Cl2N4O2/c1-4-14-27-15-19-22(23(31)28-16(3)5-2)29-30(21-9-7-6-8-20(21)26)24(19)32-18-12-10-17(25)11-13-18/h6-13,16,27H,4-5,14-15H2,1-3H3,(H,28,31). The van der Waals surface area contributed by atoms with E-state index >= 15 is 0 Å². The van der Waals surface area contributed by atoms with Crippen molar-refractivity contribution in [3.8, 4) is 17.3 Å². The Balaban J connectivity index is 2.14. The highest BCUT2D eigenvalue weighted by Gasteiger charge is 2.26. The van der Waals surface area contributed by atoms with Crippen LogP contribution in [-0.4, -0.2) is 28.3 Å². The number of carbonyl (C=O) groups is 1. The molecule has 170 valence electrons. The Morgan fingerprint density at radius 2 is 1.84 bits per heavy atom. The van der Waals surface area contributed by atoms with Gasteiger partial charge in [-0.1, -0.05) is 49.2 Å². The smallest absolute Gasteiger partial charge is 0.272 e. The number of rotatable bonds is 10. The Bertz CT molecular complexity index is 1050. The molecule has 0 saturated carbocycles. The van der Waals surface area contributed by atoms with Gasteiger partial charge in [0.2, 0.25) is 5.88 Å². The van der Waals surface area contributed by atoms with Crippen molar-refractivity contribution >= 4 is 29.1 Å². The van der Waals surface area contributed by atoms with Gasteiger partial charge >= 0.3 is 0 Å². The molecule has 0 saturated heterocycles. The van der Waals surface area contributed by atoms with Crippen LogP contribution in [0.1, 0.15) is 49.7 Å². The highest BCUT2D eigenvalue weighted by atomic mass is 35.5. The predicted octanol–water partition coefficient (Wildman–Crippen LogP) is 6.00. The molecule has 6 nitrogen and oxygen atoms in total. The van der Waals surface area contributed by atoms with Crippen molar-refractivity contribution in [1.82, 2.24) is 20.4 Å². The van der Waals surface area contributed by atoms with Gasteiger partial charge in [0.15, 0.2) is 5.69 Å². The number of aromatic nitrogens is 2. The first-order valence-electron chi connectivity index (χ1n) is 10.8. The van der Waals surface area contributed by atoms with Crippen molar-refractivity contribution in [2.24, 2.45) is 0 Å². The lowest BCUT2D eigenvalue weighted by Crippen LogP contribution is -2.33. The summed E-state index contributed by atoms with van der Waals surface area (Å²) in [5.41, 5.74) is 1.59. The number of ether oxygens (including phenoxy) is 1. The first-order valence-corrected chi connectivity index (χ1v) is 11.5. The maximum atomic E-state index is 13.1. The molecule has 0 aliphatic carbocycles. The van der Waals surface area contributed by atoms with E-state index in [1.165, 1.54) is 0 Å². The minimum Gasteiger partial charge on any atom is -0.439 e. The third-order valence-corrected chi connectivity index (χ3v) is 5.55. The predicted molar refractivity (Wildman–Crippen MR) is 129 cm³/mol. The molecule has 1 amide bonds. The van der Waals surface area contributed by atoms with Crippen molar-refractivity contribution < 1.29 is 9.53 Å². The highest BCUT2D eigenvalue weighted by Crippen LogP contribution is 2.33. The molecule has 0 spiro atoms. The first kappa shape index (κ1) is 24.1. The molecule has 0 aliphatic rings. The van der Waals surface area contributed by atoms with Gasteiger partial charge in [0.1, 0.15) is 5.75 Å². The van der Waals surface area contributed by atoms with E-state index in [9.17, 15) is 4.79 Å². The van der Waals surface area contributed by atoms with E-state index in [4.69, 9.17) is 27.9 Å². The molecular formula is C24H28Cl2N4O2. The molecule has 3 aromatic rings. The third-order valence-electron chi connectivity index (χ3n) is 4.98. The molecular weight excluding hydrogens is 447 g/mol. The van der Waals surface area contributed by atoms with Gasteiger partial charge < -0.3 is 15.4 Å². The van der Waals surface area contributed by atoms with Crippen LogP contribution in [0.25, 0.3) is 5.69 Å². The molecule has 3 rings (SSSR count). The van der Waals surface area contributed by atoms with E-state index in [1.54, 1.807) is 35.0 Å². The summed E-state index contributed by atoms with van der Waals surface area (Å²) in [7, 11) is 0. The fourth-order valence-electron chi connectivity index (χ4n) is 3.07. The van der Waals surface area contributed by atoms with E-state index in [1.807, 2.05) is 32.0 Å². The van der Waals surface area contributed by atoms with Crippen LogP contribution in [0.2, 0.25) is 10.0 Å². The van der Waals surface area contributed by atoms with E-state index < -0.39 is 0 Å². The number of carbonyl (C=O) groups excluding carboxylic acids is 1. The van der Waals surface area contributed by atoms with Crippen molar-refractivity contribution in [1.29, 1.82) is 0 Å². The Kier molecular flexibility index (Phi) is 8.56. The fourth-order valence-corrected chi connectivity index (χ4v) is 3.41. The van der Waals surface area contributed by atoms with Gasteiger partial charge in [-0.2, -0.15) is 9.78 Å². The number of amides is 1. The molecule has 0 fully saturated rings. The summed E-state index contributed by atoms with van der Waals surface area (Å²) < 4.78 is 7.85. The number of nitrogens with zero attached hydrogens (tertiary/aromatic N) is 2. The second-order valence-corrected chi connectivity index (χ2v) is 8.35. The van der Waals surface area contributed by atoms with Gasteiger partial charge in [-0.25, -0.2) is 0 Å². The van der Waals surface area contributed by atoms with Gasteiger partial charge in [-0.15, -0.1) is 0 Å². The van der Waals surface area contributed by atoms with Crippen LogP contribution >= 0.6 is 23.2 Å². The van der Waals surface area contributed by atoms with Crippen molar-refractivity contribution in [3.63, 3.8) is 0 Å². The topological polar surface area (TPSA) is 68.2 Å². The van der Waals surface area contributed by atoms with Crippen LogP contribution in [0.5, 0.6) is 11.6 Å². The largest absolute Gasteiger partial charge is 0.439 e. The number of para-hydroxylation sites is 1. The summed E-state index contributed by atoms with van der Waals surface area (Å²) in [6, 6.07) is 14.4. The SMILES string of the molecule is CCCNCc1c(C(=O)NC(C)CC)nn(-c2ccccc2Cl)c1Oc1ccc(Cl)cc1. The van der Waals surface area contributed by atoms with Gasteiger partial charge in [-0.3, -0.25) is 4.79 Å². The molecule has 1 atom stereocenters. The average Bonchev–Trinajstić information content (AvgIpc) is 3.13. The van der Waals surface area contributed by atoms with E-state index in [2.05, 4.69) is 22.7 Å². The summed E-state index contributed by atoms with van der Waals surface area (Å²) in [6.45, 7) is 7.28. The highest BCUT2D eigenvalue weighted by molar-refractivity contribution is 6.32. The maximum Gasteiger partial charge on any atom is 0.272 e.